The molecule has 0 aliphatic carbocycles. The van der Waals surface area contributed by atoms with Gasteiger partial charge < -0.3 is 9.73 Å². The van der Waals surface area contributed by atoms with Gasteiger partial charge in [0.25, 0.3) is 5.91 Å². The van der Waals surface area contributed by atoms with E-state index in [9.17, 15) is 18.0 Å². The number of carbonyl (C=O) groups excluding carboxylic acids is 1. The second kappa shape index (κ2) is 6.92. The molecule has 0 radical (unpaired) electrons. The minimum absolute atomic E-state index is 0.102. The second-order valence-electron chi connectivity index (χ2n) is 6.29. The number of nitrogens with one attached hydrogen (secondary N) is 1. The van der Waals surface area contributed by atoms with Gasteiger partial charge in [-0.1, -0.05) is 20.8 Å². The van der Waals surface area contributed by atoms with Crippen LogP contribution in [-0.4, -0.2) is 22.1 Å². The Morgan fingerprint density at radius 3 is 2.62 bits per heavy atom. The summed E-state index contributed by atoms with van der Waals surface area (Å²) in [5.74, 6) is -0.0450. The van der Waals surface area contributed by atoms with E-state index in [1.54, 1.807) is 6.26 Å². The third kappa shape index (κ3) is 5.33. The van der Waals surface area contributed by atoms with Gasteiger partial charge in [-0.3, -0.25) is 4.79 Å². The van der Waals surface area contributed by atoms with Gasteiger partial charge in [-0.15, -0.1) is 11.3 Å². The van der Waals surface area contributed by atoms with Gasteiger partial charge in [0.05, 0.1) is 23.4 Å². The molecule has 0 aliphatic heterocycles. The zero-order chi connectivity index (χ0) is 18.0. The Labute approximate surface area is 141 Å². The Morgan fingerprint density at radius 2 is 2.04 bits per heavy atom. The fraction of sp³-hybridized carbons (Fsp3) is 0.533. The van der Waals surface area contributed by atoms with E-state index >= 15 is 0 Å². The molecule has 24 heavy (non-hydrogen) atoms. The summed E-state index contributed by atoms with van der Waals surface area (Å²) in [7, 11) is 0. The molecule has 0 saturated heterocycles. The highest BCUT2D eigenvalue weighted by Gasteiger charge is 2.27. The molecule has 0 bridgehead atoms. The first kappa shape index (κ1) is 18.4. The Hall–Kier alpha value is -1.90. The maximum atomic E-state index is 12.2. The summed E-state index contributed by atoms with van der Waals surface area (Å²) in [5, 5.41) is 2.90. The number of nitrogens with zero attached hydrogens (tertiary/aromatic N) is 2. The molecule has 1 N–H and O–H groups in total. The maximum absolute atomic E-state index is 12.2. The van der Waals surface area contributed by atoms with Crippen LogP contribution in [0.25, 0.3) is 0 Å². The Balaban J connectivity index is 1.89. The molecule has 0 aromatic carbocycles. The van der Waals surface area contributed by atoms with Crippen LogP contribution in [0.2, 0.25) is 0 Å². The first-order chi connectivity index (χ1) is 11.0. The van der Waals surface area contributed by atoms with Gasteiger partial charge in [0, 0.05) is 18.3 Å². The fourth-order valence-corrected chi connectivity index (χ4v) is 2.59. The lowest BCUT2D eigenvalue weighted by Gasteiger charge is -2.12. The zero-order valence-corrected chi connectivity index (χ0v) is 14.3. The van der Waals surface area contributed by atoms with Crippen molar-refractivity contribution in [2.45, 2.75) is 51.7 Å². The first-order valence-electron chi connectivity index (χ1n) is 7.29. The van der Waals surface area contributed by atoms with E-state index < -0.39 is 18.5 Å². The molecule has 0 unspecified atom stereocenters. The van der Waals surface area contributed by atoms with Gasteiger partial charge in [0.2, 0.25) is 5.89 Å². The summed E-state index contributed by atoms with van der Waals surface area (Å²) >= 11 is 0.952. The van der Waals surface area contributed by atoms with Crippen molar-refractivity contribution in [2.75, 3.05) is 0 Å². The molecule has 2 aromatic rings. The van der Waals surface area contributed by atoms with Crippen molar-refractivity contribution in [1.82, 2.24) is 15.3 Å². The van der Waals surface area contributed by atoms with E-state index in [0.717, 1.165) is 17.0 Å². The van der Waals surface area contributed by atoms with Crippen LogP contribution in [0.1, 0.15) is 53.5 Å². The molecule has 0 saturated carbocycles. The van der Waals surface area contributed by atoms with Gasteiger partial charge in [-0.25, -0.2) is 9.97 Å². The van der Waals surface area contributed by atoms with Gasteiger partial charge >= 0.3 is 6.18 Å². The molecule has 2 heterocycles. The van der Waals surface area contributed by atoms with Crippen LogP contribution in [-0.2, 0) is 18.4 Å². The van der Waals surface area contributed by atoms with Gasteiger partial charge in [-0.2, -0.15) is 13.2 Å². The highest BCUT2D eigenvalue weighted by atomic mass is 32.1. The van der Waals surface area contributed by atoms with Crippen molar-refractivity contribution in [2.24, 2.45) is 0 Å². The number of hydrogen-bond donors (Lipinski definition) is 1. The third-order valence-electron chi connectivity index (χ3n) is 3.12. The Kier molecular flexibility index (Phi) is 5.32. The lowest BCUT2D eigenvalue weighted by atomic mass is 9.93. The molecule has 2 aromatic heterocycles. The molecular formula is C15H18F3N3O2S. The highest BCUT2D eigenvalue weighted by Crippen LogP contribution is 2.24. The predicted molar refractivity (Wildman–Crippen MR) is 82.9 cm³/mol. The Morgan fingerprint density at radius 1 is 1.33 bits per heavy atom. The molecule has 132 valence electrons. The number of amides is 1. The number of carbonyl (C=O) groups is 1. The highest BCUT2D eigenvalue weighted by molar-refractivity contribution is 7.13. The summed E-state index contributed by atoms with van der Waals surface area (Å²) < 4.78 is 41.8. The van der Waals surface area contributed by atoms with Crippen LogP contribution in [0.5, 0.6) is 0 Å². The van der Waals surface area contributed by atoms with E-state index in [4.69, 9.17) is 4.42 Å². The van der Waals surface area contributed by atoms with E-state index in [2.05, 4.69) is 15.3 Å². The van der Waals surface area contributed by atoms with E-state index in [1.165, 1.54) is 6.20 Å². The van der Waals surface area contributed by atoms with Crippen LogP contribution >= 0.6 is 11.3 Å². The molecule has 5 nitrogen and oxygen atoms in total. The van der Waals surface area contributed by atoms with Crippen molar-refractivity contribution in [3.05, 3.63) is 33.9 Å². The molecule has 9 heteroatoms. The minimum Gasteiger partial charge on any atom is -0.447 e. The van der Waals surface area contributed by atoms with E-state index in [-0.39, 0.29) is 28.3 Å². The van der Waals surface area contributed by atoms with Crippen molar-refractivity contribution in [1.29, 1.82) is 0 Å². The van der Waals surface area contributed by atoms with Crippen molar-refractivity contribution in [3.8, 4) is 0 Å². The summed E-state index contributed by atoms with van der Waals surface area (Å²) in [6.45, 7) is 6.08. The molecule has 0 aliphatic rings. The first-order valence-corrected chi connectivity index (χ1v) is 8.11. The fourth-order valence-electron chi connectivity index (χ4n) is 1.76. The molecule has 2 rings (SSSR count). The number of rotatable bonds is 5. The number of aryl methyl sites for hydroxylation is 1. The minimum atomic E-state index is -4.23. The van der Waals surface area contributed by atoms with Crippen LogP contribution in [0, 0.1) is 0 Å². The Bertz CT molecular complexity index is 701. The van der Waals surface area contributed by atoms with Crippen molar-refractivity contribution in [3.63, 3.8) is 0 Å². The quantitative estimate of drug-likeness (QED) is 0.878. The summed E-state index contributed by atoms with van der Waals surface area (Å²) in [6.07, 6.45) is -2.58. The molecular weight excluding hydrogens is 343 g/mol. The lowest BCUT2D eigenvalue weighted by Crippen LogP contribution is -2.22. The number of oxazole rings is 1. The van der Waals surface area contributed by atoms with E-state index in [0.29, 0.717) is 5.89 Å². The zero-order valence-electron chi connectivity index (χ0n) is 13.5. The average Bonchev–Trinajstić information content (AvgIpc) is 3.10. The largest absolute Gasteiger partial charge is 0.447 e. The van der Waals surface area contributed by atoms with Gasteiger partial charge in [0.1, 0.15) is 11.1 Å². The van der Waals surface area contributed by atoms with Gasteiger partial charge in [-0.05, 0) is 0 Å². The van der Waals surface area contributed by atoms with Crippen LogP contribution in [0.4, 0.5) is 13.2 Å². The maximum Gasteiger partial charge on any atom is 0.389 e. The van der Waals surface area contributed by atoms with Crippen LogP contribution in [0.3, 0.4) is 0 Å². The molecule has 0 fully saturated rings. The molecule has 1 amide bonds. The smallest absolute Gasteiger partial charge is 0.389 e. The number of halogens is 3. The SMILES string of the molecule is CC(C)(C)c1coc(CNC(=O)c2cnc(CCC(F)(F)F)s2)n1. The van der Waals surface area contributed by atoms with Crippen molar-refractivity contribution < 1.29 is 22.4 Å². The second-order valence-corrected chi connectivity index (χ2v) is 7.41. The van der Waals surface area contributed by atoms with Gasteiger partial charge in [0.15, 0.2) is 0 Å². The summed E-state index contributed by atoms with van der Waals surface area (Å²) in [6, 6.07) is 0. The normalized spacial score (nSPS) is 12.4. The average molecular weight is 361 g/mol. The van der Waals surface area contributed by atoms with Crippen LogP contribution in [0.15, 0.2) is 16.9 Å². The lowest BCUT2D eigenvalue weighted by molar-refractivity contribution is -0.134. The number of thiazole rings is 1. The van der Waals surface area contributed by atoms with Crippen LogP contribution < -0.4 is 5.32 Å². The van der Waals surface area contributed by atoms with Crippen molar-refractivity contribution >= 4 is 17.2 Å². The standard InChI is InChI=1S/C15H18F3N3O2S/c1-14(2,3)10-8-23-11(21-10)7-20-13(22)9-6-19-12(24-9)4-5-15(16,17)18/h6,8H,4-5,7H2,1-3H3,(H,20,22). The summed E-state index contributed by atoms with van der Waals surface area (Å²) in [5.41, 5.74) is 0.621. The monoisotopic (exact) mass is 361 g/mol. The predicted octanol–water partition coefficient (Wildman–Crippen LogP) is 3.85. The molecule has 0 atom stereocenters. The van der Waals surface area contributed by atoms with E-state index in [1.807, 2.05) is 20.8 Å². The topological polar surface area (TPSA) is 68.0 Å². The number of hydrogen-bond acceptors (Lipinski definition) is 5. The molecule has 0 spiro atoms. The third-order valence-corrected chi connectivity index (χ3v) is 4.18. The number of alkyl halides is 3. The number of aromatic nitrogens is 2. The summed E-state index contributed by atoms with van der Waals surface area (Å²) in [4.78, 5) is 20.4.